The van der Waals surface area contributed by atoms with E-state index in [4.69, 9.17) is 34.8 Å². The number of hydrogen-bond donors (Lipinski definition) is 1. The molecular formula is C13H8Cl3F2N. The van der Waals surface area contributed by atoms with Gasteiger partial charge in [-0.2, -0.15) is 0 Å². The SMILES string of the molecule is Fc1ccc(F)c(NCc2c(Cl)ccc(Cl)c2Cl)c1. The van der Waals surface area contributed by atoms with Gasteiger partial charge in [0.05, 0.1) is 15.7 Å². The lowest BCUT2D eigenvalue weighted by Crippen LogP contribution is -2.03. The number of rotatable bonds is 3. The summed E-state index contributed by atoms with van der Waals surface area (Å²) in [6.07, 6.45) is 0. The van der Waals surface area contributed by atoms with Crippen LogP contribution in [-0.4, -0.2) is 0 Å². The average molecular weight is 323 g/mol. The van der Waals surface area contributed by atoms with Gasteiger partial charge in [0.2, 0.25) is 0 Å². The summed E-state index contributed by atoms with van der Waals surface area (Å²) in [6, 6.07) is 6.30. The van der Waals surface area contributed by atoms with Gasteiger partial charge in [-0.1, -0.05) is 34.8 Å². The molecule has 0 aliphatic rings. The van der Waals surface area contributed by atoms with Gasteiger partial charge in [0.25, 0.3) is 0 Å². The van der Waals surface area contributed by atoms with E-state index in [1.807, 2.05) is 0 Å². The van der Waals surface area contributed by atoms with Crippen LogP contribution in [0.5, 0.6) is 0 Å². The third kappa shape index (κ3) is 3.30. The first kappa shape index (κ1) is 14.4. The molecule has 2 aromatic rings. The number of halogens is 5. The lowest BCUT2D eigenvalue weighted by Gasteiger charge is -2.11. The maximum atomic E-state index is 13.4. The molecule has 0 spiro atoms. The summed E-state index contributed by atoms with van der Waals surface area (Å²) >= 11 is 17.9. The van der Waals surface area contributed by atoms with Crippen LogP contribution in [0.25, 0.3) is 0 Å². The first-order valence-electron chi connectivity index (χ1n) is 5.30. The van der Waals surface area contributed by atoms with Crippen LogP contribution in [0.2, 0.25) is 15.1 Å². The highest BCUT2D eigenvalue weighted by Gasteiger charge is 2.11. The highest BCUT2D eigenvalue weighted by Crippen LogP contribution is 2.32. The van der Waals surface area contributed by atoms with Gasteiger partial charge < -0.3 is 5.32 Å². The molecule has 0 radical (unpaired) electrons. The molecule has 1 nitrogen and oxygen atoms in total. The fourth-order valence-electron chi connectivity index (χ4n) is 1.55. The van der Waals surface area contributed by atoms with Crippen LogP contribution in [0.4, 0.5) is 14.5 Å². The highest BCUT2D eigenvalue weighted by atomic mass is 35.5. The van der Waals surface area contributed by atoms with Crippen LogP contribution in [-0.2, 0) is 6.54 Å². The Kier molecular flexibility index (Phi) is 4.50. The molecule has 19 heavy (non-hydrogen) atoms. The van der Waals surface area contributed by atoms with Crippen LogP contribution >= 0.6 is 34.8 Å². The molecule has 0 saturated carbocycles. The minimum atomic E-state index is -0.560. The van der Waals surface area contributed by atoms with Gasteiger partial charge in [0, 0.05) is 17.1 Å². The van der Waals surface area contributed by atoms with E-state index in [9.17, 15) is 8.78 Å². The Balaban J connectivity index is 2.24. The first-order valence-corrected chi connectivity index (χ1v) is 6.43. The van der Waals surface area contributed by atoms with Crippen molar-refractivity contribution in [3.8, 4) is 0 Å². The molecule has 0 saturated heterocycles. The Bertz CT molecular complexity index is 617. The molecule has 0 unspecified atom stereocenters. The molecule has 6 heteroatoms. The van der Waals surface area contributed by atoms with E-state index in [1.165, 1.54) is 0 Å². The molecule has 100 valence electrons. The average Bonchev–Trinajstić information content (AvgIpc) is 2.38. The number of anilines is 1. The summed E-state index contributed by atoms with van der Waals surface area (Å²) in [5.41, 5.74) is 0.562. The van der Waals surface area contributed by atoms with Crippen LogP contribution < -0.4 is 5.32 Å². The van der Waals surface area contributed by atoms with Gasteiger partial charge in [0.1, 0.15) is 11.6 Å². The van der Waals surface area contributed by atoms with Gasteiger partial charge in [-0.05, 0) is 30.3 Å². The predicted octanol–water partition coefficient (Wildman–Crippen LogP) is 5.54. The van der Waals surface area contributed by atoms with Crippen molar-refractivity contribution in [3.63, 3.8) is 0 Å². The van der Waals surface area contributed by atoms with Gasteiger partial charge >= 0.3 is 0 Å². The quantitative estimate of drug-likeness (QED) is 0.732. The Morgan fingerprint density at radius 2 is 1.63 bits per heavy atom. The van der Waals surface area contributed by atoms with Gasteiger partial charge in [-0.25, -0.2) is 8.78 Å². The Morgan fingerprint density at radius 3 is 2.37 bits per heavy atom. The van der Waals surface area contributed by atoms with E-state index in [2.05, 4.69) is 5.32 Å². The van der Waals surface area contributed by atoms with Gasteiger partial charge in [0.15, 0.2) is 0 Å². The molecule has 2 rings (SSSR count). The fourth-order valence-corrected chi connectivity index (χ4v) is 2.23. The second-order valence-electron chi connectivity index (χ2n) is 3.80. The monoisotopic (exact) mass is 321 g/mol. The first-order chi connectivity index (χ1) is 8.99. The lowest BCUT2D eigenvalue weighted by atomic mass is 10.2. The number of hydrogen-bond acceptors (Lipinski definition) is 1. The molecule has 1 N–H and O–H groups in total. The normalized spacial score (nSPS) is 10.6. The zero-order chi connectivity index (χ0) is 14.0. The zero-order valence-corrected chi connectivity index (χ0v) is 11.8. The molecule has 0 aliphatic heterocycles. The van der Waals surface area contributed by atoms with Crippen molar-refractivity contribution in [1.29, 1.82) is 0 Å². The molecule has 0 heterocycles. The topological polar surface area (TPSA) is 12.0 Å². The van der Waals surface area contributed by atoms with Gasteiger partial charge in [-0.3, -0.25) is 0 Å². The number of nitrogens with one attached hydrogen (secondary N) is 1. The molecule has 0 aliphatic carbocycles. The largest absolute Gasteiger partial charge is 0.378 e. The van der Waals surface area contributed by atoms with E-state index in [0.717, 1.165) is 18.2 Å². The van der Waals surface area contributed by atoms with Crippen molar-refractivity contribution in [2.24, 2.45) is 0 Å². The van der Waals surface area contributed by atoms with Crippen LogP contribution in [0.1, 0.15) is 5.56 Å². The predicted molar refractivity (Wildman–Crippen MR) is 75.2 cm³/mol. The van der Waals surface area contributed by atoms with Crippen LogP contribution in [0.3, 0.4) is 0 Å². The molecule has 0 bridgehead atoms. The van der Waals surface area contributed by atoms with Crippen molar-refractivity contribution < 1.29 is 8.78 Å². The molecule has 0 atom stereocenters. The molecule has 2 aromatic carbocycles. The maximum absolute atomic E-state index is 13.4. The third-order valence-corrected chi connectivity index (χ3v) is 3.72. The van der Waals surface area contributed by atoms with E-state index in [-0.39, 0.29) is 12.2 Å². The standard InChI is InChI=1S/C13H8Cl3F2N/c14-9-2-3-10(15)13(16)8(9)6-19-12-5-7(17)1-4-11(12)18/h1-5,19H,6H2. The fraction of sp³-hybridized carbons (Fsp3) is 0.0769. The second kappa shape index (κ2) is 5.95. The van der Waals surface area contributed by atoms with E-state index < -0.39 is 11.6 Å². The highest BCUT2D eigenvalue weighted by molar-refractivity contribution is 6.44. The minimum absolute atomic E-state index is 0.0344. The summed E-state index contributed by atoms with van der Waals surface area (Å²) in [6.45, 7) is 0.138. The minimum Gasteiger partial charge on any atom is -0.378 e. The van der Waals surface area contributed by atoms with Gasteiger partial charge in [-0.15, -0.1) is 0 Å². The smallest absolute Gasteiger partial charge is 0.146 e. The molecular weight excluding hydrogens is 315 g/mol. The summed E-state index contributed by atoms with van der Waals surface area (Å²) in [5.74, 6) is -1.09. The second-order valence-corrected chi connectivity index (χ2v) is 4.99. The van der Waals surface area contributed by atoms with Crippen LogP contribution in [0, 0.1) is 11.6 Å². The molecule has 0 fully saturated rings. The number of benzene rings is 2. The maximum Gasteiger partial charge on any atom is 0.146 e. The summed E-state index contributed by atoms with van der Waals surface area (Å²) in [4.78, 5) is 0. The van der Waals surface area contributed by atoms with E-state index in [1.54, 1.807) is 12.1 Å². The Hall–Kier alpha value is -1.03. The molecule has 0 aromatic heterocycles. The third-order valence-electron chi connectivity index (χ3n) is 2.52. The summed E-state index contributed by atoms with van der Waals surface area (Å²) < 4.78 is 26.4. The summed E-state index contributed by atoms with van der Waals surface area (Å²) in [7, 11) is 0. The van der Waals surface area contributed by atoms with E-state index >= 15 is 0 Å². The van der Waals surface area contributed by atoms with Crippen LogP contribution in [0.15, 0.2) is 30.3 Å². The molecule has 0 amide bonds. The Labute approximate surface area is 124 Å². The van der Waals surface area contributed by atoms with Crippen molar-refractivity contribution in [3.05, 3.63) is 62.6 Å². The van der Waals surface area contributed by atoms with Crippen molar-refractivity contribution in [2.75, 3.05) is 5.32 Å². The van der Waals surface area contributed by atoms with Crippen molar-refractivity contribution in [2.45, 2.75) is 6.54 Å². The summed E-state index contributed by atoms with van der Waals surface area (Å²) in [5, 5.41) is 3.78. The van der Waals surface area contributed by atoms with Crippen molar-refractivity contribution in [1.82, 2.24) is 0 Å². The Morgan fingerprint density at radius 1 is 0.947 bits per heavy atom. The van der Waals surface area contributed by atoms with E-state index in [0.29, 0.717) is 20.6 Å². The lowest BCUT2D eigenvalue weighted by molar-refractivity contribution is 0.602. The zero-order valence-electron chi connectivity index (χ0n) is 9.48. The van der Waals surface area contributed by atoms with Crippen molar-refractivity contribution >= 4 is 40.5 Å².